The van der Waals surface area contributed by atoms with Crippen LogP contribution in [0.1, 0.15) is 10.4 Å². The third kappa shape index (κ3) is 4.07. The number of benzene rings is 1. The highest BCUT2D eigenvalue weighted by atomic mass is 35.5. The van der Waals surface area contributed by atoms with E-state index in [0.29, 0.717) is 17.1 Å². The molecule has 1 aromatic carbocycles. The molecule has 7 nitrogen and oxygen atoms in total. The van der Waals surface area contributed by atoms with Crippen molar-refractivity contribution in [3.8, 4) is 5.69 Å². The predicted octanol–water partition coefficient (Wildman–Crippen LogP) is -0.434. The summed E-state index contributed by atoms with van der Waals surface area (Å²) in [6, 6.07) is 5.27. The van der Waals surface area contributed by atoms with Crippen molar-refractivity contribution in [3.63, 3.8) is 0 Å². The van der Waals surface area contributed by atoms with Crippen molar-refractivity contribution in [1.82, 2.24) is 20.1 Å². The minimum Gasteiger partial charge on any atom is -0.370 e. The molecule has 1 aromatic heterocycles. The van der Waals surface area contributed by atoms with Crippen molar-refractivity contribution in [2.24, 2.45) is 0 Å². The Morgan fingerprint density at radius 3 is 2.78 bits per heavy atom. The Balaban J connectivity index is 1.61. The fraction of sp³-hybridized carbons (Fsp3) is 0.400. The van der Waals surface area contributed by atoms with Gasteiger partial charge in [-0.3, -0.25) is 9.36 Å². The van der Waals surface area contributed by atoms with E-state index in [0.717, 1.165) is 38.5 Å². The molecule has 8 heteroatoms. The number of hydrogen-bond donors (Lipinski definition) is 2. The molecule has 0 saturated carbocycles. The zero-order chi connectivity index (χ0) is 16.1. The van der Waals surface area contributed by atoms with Gasteiger partial charge >= 0.3 is 0 Å². The standard InChI is InChI=1S/C15H18ClN5O2/c16-14-2-1-12(21-10-18-19-11-21)9-13(14)15(22)17-3-4-20-5-7-23-8-6-20/h1-2,9-11H,3-8H2,(H,17,22)/p+1. The number of morpholine rings is 1. The fourth-order valence-electron chi connectivity index (χ4n) is 2.54. The van der Waals surface area contributed by atoms with E-state index in [9.17, 15) is 4.79 Å². The average molecular weight is 337 g/mol. The van der Waals surface area contributed by atoms with E-state index in [-0.39, 0.29) is 5.91 Å². The van der Waals surface area contributed by atoms with Crippen LogP contribution in [0.25, 0.3) is 5.69 Å². The first-order chi connectivity index (χ1) is 11.2. The number of amides is 1. The summed E-state index contributed by atoms with van der Waals surface area (Å²) in [5.41, 5.74) is 1.25. The molecule has 3 rings (SSSR count). The molecule has 2 aromatic rings. The highest BCUT2D eigenvalue weighted by Crippen LogP contribution is 2.19. The number of quaternary nitrogens is 1. The molecule has 0 spiro atoms. The molecule has 122 valence electrons. The van der Waals surface area contributed by atoms with Crippen molar-refractivity contribution >= 4 is 17.5 Å². The Morgan fingerprint density at radius 1 is 1.30 bits per heavy atom. The Labute approximate surface area is 139 Å². The average Bonchev–Trinajstić information content (AvgIpc) is 3.10. The van der Waals surface area contributed by atoms with Gasteiger partial charge in [0.1, 0.15) is 25.7 Å². The second-order valence-electron chi connectivity index (χ2n) is 5.40. The number of rotatable bonds is 5. The van der Waals surface area contributed by atoms with Gasteiger partial charge in [0.25, 0.3) is 5.91 Å². The van der Waals surface area contributed by atoms with Crippen LogP contribution in [0.3, 0.4) is 0 Å². The van der Waals surface area contributed by atoms with Crippen LogP contribution in [0.15, 0.2) is 30.9 Å². The van der Waals surface area contributed by atoms with Crippen LogP contribution >= 0.6 is 11.6 Å². The van der Waals surface area contributed by atoms with Crippen LogP contribution in [0.2, 0.25) is 5.02 Å². The van der Waals surface area contributed by atoms with Gasteiger partial charge in [0, 0.05) is 5.69 Å². The van der Waals surface area contributed by atoms with Gasteiger partial charge in [-0.15, -0.1) is 10.2 Å². The van der Waals surface area contributed by atoms with Crippen LogP contribution in [0, 0.1) is 0 Å². The van der Waals surface area contributed by atoms with Crippen molar-refractivity contribution in [1.29, 1.82) is 0 Å². The predicted molar refractivity (Wildman–Crippen MR) is 85.1 cm³/mol. The van der Waals surface area contributed by atoms with Crippen molar-refractivity contribution in [2.75, 3.05) is 39.4 Å². The summed E-state index contributed by atoms with van der Waals surface area (Å²) in [5.74, 6) is -0.169. The summed E-state index contributed by atoms with van der Waals surface area (Å²) in [4.78, 5) is 13.8. The van der Waals surface area contributed by atoms with Crippen molar-refractivity contribution < 1.29 is 14.4 Å². The summed E-state index contributed by atoms with van der Waals surface area (Å²) in [7, 11) is 0. The largest absolute Gasteiger partial charge is 0.370 e. The zero-order valence-electron chi connectivity index (χ0n) is 12.7. The Morgan fingerprint density at radius 2 is 2.04 bits per heavy atom. The summed E-state index contributed by atoms with van der Waals surface area (Å²) in [6.45, 7) is 5.05. The molecular formula is C15H19ClN5O2+. The number of carbonyl (C=O) groups excluding carboxylic acids is 1. The van der Waals surface area contributed by atoms with Crippen LogP contribution in [-0.2, 0) is 4.74 Å². The second kappa shape index (κ2) is 7.54. The Bertz CT molecular complexity index is 656. The van der Waals surface area contributed by atoms with Gasteiger partial charge in [-0.25, -0.2) is 0 Å². The van der Waals surface area contributed by atoms with Crippen LogP contribution in [0.4, 0.5) is 0 Å². The molecule has 1 saturated heterocycles. The molecule has 0 bridgehead atoms. The molecule has 2 N–H and O–H groups in total. The number of aromatic nitrogens is 3. The van der Waals surface area contributed by atoms with Gasteiger partial charge in [0.15, 0.2) is 0 Å². The first-order valence-corrected chi connectivity index (χ1v) is 7.96. The van der Waals surface area contributed by atoms with E-state index in [4.69, 9.17) is 16.3 Å². The van der Waals surface area contributed by atoms with E-state index in [1.165, 1.54) is 4.90 Å². The molecule has 1 amide bonds. The lowest BCUT2D eigenvalue weighted by Crippen LogP contribution is -3.14. The van der Waals surface area contributed by atoms with E-state index < -0.39 is 0 Å². The van der Waals surface area contributed by atoms with E-state index >= 15 is 0 Å². The number of nitrogens with zero attached hydrogens (tertiary/aromatic N) is 3. The molecule has 0 atom stereocenters. The van der Waals surface area contributed by atoms with Gasteiger partial charge in [0.2, 0.25) is 0 Å². The lowest BCUT2D eigenvalue weighted by molar-refractivity contribution is -0.906. The van der Waals surface area contributed by atoms with Gasteiger partial charge < -0.3 is 15.0 Å². The SMILES string of the molecule is O=C(NCC[NH+]1CCOCC1)c1cc(-n2cnnc2)ccc1Cl. The lowest BCUT2D eigenvalue weighted by atomic mass is 10.2. The number of nitrogens with one attached hydrogen (secondary N) is 2. The Kier molecular flexibility index (Phi) is 5.22. The van der Waals surface area contributed by atoms with Crippen LogP contribution < -0.4 is 10.2 Å². The molecule has 1 aliphatic rings. The maximum absolute atomic E-state index is 12.4. The van der Waals surface area contributed by atoms with E-state index in [1.54, 1.807) is 29.4 Å². The van der Waals surface area contributed by atoms with Crippen molar-refractivity contribution in [2.45, 2.75) is 0 Å². The highest BCUT2D eigenvalue weighted by molar-refractivity contribution is 6.33. The van der Waals surface area contributed by atoms with Gasteiger partial charge in [-0.1, -0.05) is 11.6 Å². The normalized spacial score (nSPS) is 15.5. The van der Waals surface area contributed by atoms with Gasteiger partial charge in [-0.2, -0.15) is 0 Å². The van der Waals surface area contributed by atoms with Crippen molar-refractivity contribution in [3.05, 3.63) is 41.4 Å². The quantitative estimate of drug-likeness (QED) is 0.777. The van der Waals surface area contributed by atoms with Gasteiger partial charge in [-0.05, 0) is 18.2 Å². The monoisotopic (exact) mass is 336 g/mol. The third-order valence-electron chi connectivity index (χ3n) is 3.88. The summed E-state index contributed by atoms with van der Waals surface area (Å²) in [6.07, 6.45) is 3.15. The van der Waals surface area contributed by atoms with Gasteiger partial charge in [0.05, 0.1) is 36.9 Å². The molecule has 0 aliphatic carbocycles. The Hall–Kier alpha value is -1.96. The summed E-state index contributed by atoms with van der Waals surface area (Å²) < 4.78 is 7.05. The first-order valence-electron chi connectivity index (χ1n) is 7.58. The molecule has 1 aliphatic heterocycles. The molecule has 1 fully saturated rings. The molecule has 2 heterocycles. The molecule has 0 radical (unpaired) electrons. The number of ether oxygens (including phenoxy) is 1. The third-order valence-corrected chi connectivity index (χ3v) is 4.21. The molecular weight excluding hydrogens is 318 g/mol. The first kappa shape index (κ1) is 15.9. The molecule has 23 heavy (non-hydrogen) atoms. The fourth-order valence-corrected chi connectivity index (χ4v) is 2.74. The maximum Gasteiger partial charge on any atom is 0.253 e. The minimum atomic E-state index is -0.169. The van der Waals surface area contributed by atoms with Crippen LogP contribution in [0.5, 0.6) is 0 Å². The number of halogens is 1. The zero-order valence-corrected chi connectivity index (χ0v) is 13.4. The van der Waals surface area contributed by atoms with Crippen LogP contribution in [-0.4, -0.2) is 60.1 Å². The minimum absolute atomic E-state index is 0.169. The smallest absolute Gasteiger partial charge is 0.253 e. The lowest BCUT2D eigenvalue weighted by Gasteiger charge is -2.23. The summed E-state index contributed by atoms with van der Waals surface area (Å²) >= 11 is 6.16. The topological polar surface area (TPSA) is 73.5 Å². The second-order valence-corrected chi connectivity index (χ2v) is 5.81. The maximum atomic E-state index is 12.4. The highest BCUT2D eigenvalue weighted by Gasteiger charge is 2.15. The number of carbonyl (C=O) groups is 1. The number of hydrogen-bond acceptors (Lipinski definition) is 4. The van der Waals surface area contributed by atoms with E-state index in [2.05, 4.69) is 15.5 Å². The molecule has 0 unspecified atom stereocenters. The van der Waals surface area contributed by atoms with E-state index in [1.807, 2.05) is 6.07 Å². The summed E-state index contributed by atoms with van der Waals surface area (Å²) in [5, 5.41) is 10.9.